The number of rotatable bonds is 50. The van der Waals surface area contributed by atoms with Crippen molar-refractivity contribution in [2.24, 2.45) is 11.5 Å². The summed E-state index contributed by atoms with van der Waals surface area (Å²) in [7, 11) is 4.13. The lowest BCUT2D eigenvalue weighted by atomic mass is 10.1. The third-order valence-corrected chi connectivity index (χ3v) is 12.2. The molecule has 2 atom stereocenters. The Hall–Kier alpha value is -2.31. The topological polar surface area (TPSA) is 158 Å². The lowest BCUT2D eigenvalue weighted by Gasteiger charge is -2.33. The van der Waals surface area contributed by atoms with Gasteiger partial charge in [0.25, 0.3) is 0 Å². The van der Waals surface area contributed by atoms with Crippen LogP contribution in [0.1, 0.15) is 219 Å². The molecule has 0 spiro atoms. The average molecular weight is 920 g/mol. The first kappa shape index (κ1) is 62.7. The van der Waals surface area contributed by atoms with Crippen molar-refractivity contribution in [3.8, 4) is 0 Å². The van der Waals surface area contributed by atoms with Gasteiger partial charge >= 0.3 is 11.9 Å². The van der Waals surface area contributed by atoms with Crippen molar-refractivity contribution >= 4 is 17.8 Å². The number of hydrogen-bond acceptors (Lipinski definition) is 9. The van der Waals surface area contributed by atoms with Crippen molar-refractivity contribution < 1.29 is 28.3 Å². The molecule has 2 unspecified atom stereocenters. The summed E-state index contributed by atoms with van der Waals surface area (Å²) in [6, 6.07) is -0.292. The van der Waals surface area contributed by atoms with E-state index in [0.29, 0.717) is 56.6 Å². The van der Waals surface area contributed by atoms with Crippen molar-refractivity contribution in [1.82, 2.24) is 16.0 Å². The lowest BCUT2D eigenvalue weighted by molar-refractivity contribution is -0.892. The Morgan fingerprint density at radius 3 is 1.49 bits per heavy atom. The van der Waals surface area contributed by atoms with Gasteiger partial charge in [-0.25, -0.2) is 0 Å². The standard InChI is InChI=1S/C54H106N6O5/c1-5-7-9-11-13-15-17-19-21-23-25-27-29-31-33-39-52(61)64-49-50(65-53(62)40-34-32-30-28-26-24-22-20-18-16-14-12-10-8-6-2)48-60(3,4)47-46-59-54(63)51(58-45-37-42-56)38-35-43-57-44-36-41-55/h19-22,50-51,57-58H,5-18,23-49,55-56H2,1-4H3/p+1. The van der Waals surface area contributed by atoms with Crippen molar-refractivity contribution in [2.45, 2.75) is 231 Å². The Labute approximate surface area is 401 Å². The summed E-state index contributed by atoms with van der Waals surface area (Å²) in [5.41, 5.74) is 11.3. The third-order valence-electron chi connectivity index (χ3n) is 12.2. The summed E-state index contributed by atoms with van der Waals surface area (Å²) < 4.78 is 12.3. The van der Waals surface area contributed by atoms with Crippen LogP contribution in [0, 0.1) is 0 Å². The van der Waals surface area contributed by atoms with E-state index in [1.807, 2.05) is 0 Å². The number of nitrogens with zero attached hydrogens (tertiary/aromatic N) is 1. The van der Waals surface area contributed by atoms with Crippen LogP contribution in [0.15, 0.2) is 24.3 Å². The smallest absolute Gasteiger partial charge is 0.306 e. The van der Waals surface area contributed by atoms with Gasteiger partial charge in [-0.05, 0) is 123 Å². The molecule has 0 aromatic heterocycles. The first-order chi connectivity index (χ1) is 31.7. The molecule has 0 radical (unpaired) electrons. The zero-order valence-electron chi connectivity index (χ0n) is 43.1. The summed E-state index contributed by atoms with van der Waals surface area (Å²) in [6.45, 7) is 9.80. The molecule has 1 amide bonds. The third kappa shape index (κ3) is 45.3. The molecular formula is C54H107N6O5+. The monoisotopic (exact) mass is 920 g/mol. The SMILES string of the molecule is CCCCCCCCC=CCCCCCCCC(=O)OCC(C[N+](C)(C)CCNC(=O)C(CCCNCCCN)NCCCN)OC(=O)CCCCCCCC=CCCCCCCCC. The maximum absolute atomic E-state index is 13.3. The van der Waals surface area contributed by atoms with E-state index in [0.717, 1.165) is 90.1 Å². The van der Waals surface area contributed by atoms with Crippen molar-refractivity contribution in [3.05, 3.63) is 24.3 Å². The molecule has 0 aliphatic rings. The van der Waals surface area contributed by atoms with Gasteiger partial charge < -0.3 is 41.4 Å². The lowest BCUT2D eigenvalue weighted by Crippen LogP contribution is -2.53. The van der Waals surface area contributed by atoms with Crippen LogP contribution in [0.25, 0.3) is 0 Å². The normalized spacial score (nSPS) is 12.9. The molecule has 0 fully saturated rings. The Morgan fingerprint density at radius 2 is 0.985 bits per heavy atom. The van der Waals surface area contributed by atoms with Crippen LogP contribution in [0.4, 0.5) is 0 Å². The number of ether oxygens (including phenoxy) is 2. The van der Waals surface area contributed by atoms with Crippen LogP contribution in [0.3, 0.4) is 0 Å². The fourth-order valence-corrected chi connectivity index (χ4v) is 8.04. The number of nitrogens with two attached hydrogens (primary N) is 2. The van der Waals surface area contributed by atoms with Crippen LogP contribution in [0.5, 0.6) is 0 Å². The van der Waals surface area contributed by atoms with Gasteiger partial charge in [-0.15, -0.1) is 0 Å². The molecule has 65 heavy (non-hydrogen) atoms. The quantitative estimate of drug-likeness (QED) is 0.0173. The molecule has 0 aliphatic heterocycles. The van der Waals surface area contributed by atoms with Gasteiger partial charge in [-0.3, -0.25) is 14.4 Å². The van der Waals surface area contributed by atoms with Gasteiger partial charge in [0.05, 0.1) is 33.2 Å². The fraction of sp³-hybridized carbons (Fsp3) is 0.870. The van der Waals surface area contributed by atoms with Crippen molar-refractivity contribution in [1.29, 1.82) is 0 Å². The highest BCUT2D eigenvalue weighted by atomic mass is 16.6. The number of likely N-dealkylation sites (N-methyl/N-ethyl adjacent to an activating group) is 1. The number of hydrogen-bond donors (Lipinski definition) is 5. The summed E-state index contributed by atoms with van der Waals surface area (Å²) in [6.07, 6.45) is 44.3. The largest absolute Gasteiger partial charge is 0.461 e. The molecule has 382 valence electrons. The van der Waals surface area contributed by atoms with E-state index in [1.165, 1.54) is 116 Å². The number of amides is 1. The van der Waals surface area contributed by atoms with Crippen LogP contribution < -0.4 is 27.4 Å². The molecule has 0 bridgehead atoms. The minimum absolute atomic E-state index is 0.0171. The first-order valence-corrected chi connectivity index (χ1v) is 27.3. The van der Waals surface area contributed by atoms with E-state index in [9.17, 15) is 14.4 Å². The van der Waals surface area contributed by atoms with Gasteiger partial charge in [-0.2, -0.15) is 0 Å². The Balaban J connectivity index is 4.89. The highest BCUT2D eigenvalue weighted by molar-refractivity contribution is 5.81. The molecule has 0 heterocycles. The zero-order chi connectivity index (χ0) is 47.7. The minimum Gasteiger partial charge on any atom is -0.461 e. The van der Waals surface area contributed by atoms with Crippen LogP contribution in [-0.2, 0) is 23.9 Å². The molecule has 7 N–H and O–H groups in total. The average Bonchev–Trinajstić information content (AvgIpc) is 3.28. The maximum atomic E-state index is 13.3. The molecule has 0 aliphatic carbocycles. The highest BCUT2D eigenvalue weighted by Crippen LogP contribution is 2.14. The summed E-state index contributed by atoms with van der Waals surface area (Å²) in [4.78, 5) is 39.3. The Morgan fingerprint density at radius 1 is 0.538 bits per heavy atom. The molecule has 0 aromatic carbocycles. The molecule has 0 rings (SSSR count). The van der Waals surface area contributed by atoms with Gasteiger partial charge in [0.1, 0.15) is 13.2 Å². The highest BCUT2D eigenvalue weighted by Gasteiger charge is 2.27. The second-order valence-corrected chi connectivity index (χ2v) is 19.3. The predicted octanol–water partition coefficient (Wildman–Crippen LogP) is 10.7. The molecule has 0 saturated carbocycles. The number of quaternary nitrogens is 1. The fourth-order valence-electron chi connectivity index (χ4n) is 8.04. The number of esters is 2. The van der Waals surface area contributed by atoms with E-state index in [-0.39, 0.29) is 30.5 Å². The Bertz CT molecular complexity index is 1130. The van der Waals surface area contributed by atoms with Gasteiger partial charge in [0.15, 0.2) is 6.10 Å². The van der Waals surface area contributed by atoms with Gasteiger partial charge in [0.2, 0.25) is 5.91 Å². The second kappa shape index (κ2) is 48.2. The summed E-state index contributed by atoms with van der Waals surface area (Å²) >= 11 is 0. The van der Waals surface area contributed by atoms with E-state index in [2.05, 4.69) is 68.2 Å². The zero-order valence-corrected chi connectivity index (χ0v) is 43.1. The predicted molar refractivity (Wildman–Crippen MR) is 276 cm³/mol. The molecule has 11 heteroatoms. The van der Waals surface area contributed by atoms with E-state index >= 15 is 0 Å². The van der Waals surface area contributed by atoms with E-state index < -0.39 is 6.10 Å². The van der Waals surface area contributed by atoms with Crippen LogP contribution in [0.2, 0.25) is 0 Å². The second-order valence-electron chi connectivity index (χ2n) is 19.3. The first-order valence-electron chi connectivity index (χ1n) is 27.3. The van der Waals surface area contributed by atoms with E-state index in [1.54, 1.807) is 0 Å². The number of allylic oxidation sites excluding steroid dienone is 4. The van der Waals surface area contributed by atoms with Gasteiger partial charge in [-0.1, -0.05) is 141 Å². The Kier molecular flexibility index (Phi) is 46.4. The minimum atomic E-state index is -0.563. The summed E-state index contributed by atoms with van der Waals surface area (Å²) in [5, 5.41) is 9.92. The number of carbonyl (C=O) groups is 3. The molecule has 0 saturated heterocycles. The van der Waals surface area contributed by atoms with Crippen molar-refractivity contribution in [2.75, 3.05) is 73.1 Å². The summed E-state index contributed by atoms with van der Waals surface area (Å²) in [5.74, 6) is -0.490. The van der Waals surface area contributed by atoms with E-state index in [4.69, 9.17) is 20.9 Å². The molecule has 0 aromatic rings. The van der Waals surface area contributed by atoms with Crippen LogP contribution >= 0.6 is 0 Å². The maximum Gasteiger partial charge on any atom is 0.306 e. The van der Waals surface area contributed by atoms with Gasteiger partial charge in [0, 0.05) is 12.8 Å². The number of carbonyl (C=O) groups excluding carboxylic acids is 3. The number of unbranched alkanes of at least 4 members (excludes halogenated alkanes) is 22. The molecule has 11 nitrogen and oxygen atoms in total. The molecular weight excluding hydrogens is 813 g/mol. The number of nitrogens with one attached hydrogen (secondary N) is 3. The van der Waals surface area contributed by atoms with Crippen LogP contribution in [-0.4, -0.2) is 108 Å². The van der Waals surface area contributed by atoms with Crippen molar-refractivity contribution in [3.63, 3.8) is 0 Å².